The smallest absolute Gasteiger partial charge is 0.331 e. The number of likely N-dealkylation sites (tertiary alicyclic amines) is 1. The lowest BCUT2D eigenvalue weighted by Crippen LogP contribution is -2.35. The first-order chi connectivity index (χ1) is 9.41. The number of carbonyl (C=O) groups is 2. The number of piperidine rings is 1. The second-order valence-corrected chi connectivity index (χ2v) is 5.69. The molecule has 0 spiro atoms. The number of carboxylic acids is 1. The van der Waals surface area contributed by atoms with Crippen LogP contribution in [-0.4, -0.2) is 48.1 Å². The molecule has 1 saturated heterocycles. The Labute approximate surface area is 121 Å². The molecule has 1 rings (SSSR count). The minimum absolute atomic E-state index is 0.104. The van der Waals surface area contributed by atoms with Gasteiger partial charge < -0.3 is 15.3 Å². The van der Waals surface area contributed by atoms with Crippen LogP contribution in [0.1, 0.15) is 40.0 Å². The van der Waals surface area contributed by atoms with Gasteiger partial charge in [0.15, 0.2) is 0 Å². The lowest BCUT2D eigenvalue weighted by molar-refractivity contribution is -0.133. The van der Waals surface area contributed by atoms with Crippen LogP contribution < -0.4 is 5.32 Å². The molecule has 1 aliphatic rings. The van der Waals surface area contributed by atoms with Crippen molar-refractivity contribution in [3.05, 3.63) is 11.1 Å². The number of nitrogens with one attached hydrogen (secondary N) is 1. The Morgan fingerprint density at radius 2 is 1.80 bits per heavy atom. The van der Waals surface area contributed by atoms with Crippen molar-refractivity contribution in [1.29, 1.82) is 0 Å². The Balaban J connectivity index is 2.23. The molecule has 0 aromatic rings. The van der Waals surface area contributed by atoms with Gasteiger partial charge in [0.1, 0.15) is 0 Å². The molecule has 0 aromatic carbocycles. The van der Waals surface area contributed by atoms with Gasteiger partial charge in [-0.1, -0.05) is 6.92 Å². The summed E-state index contributed by atoms with van der Waals surface area (Å²) in [5.74, 6) is -0.491. The van der Waals surface area contributed by atoms with Crippen molar-refractivity contribution in [2.24, 2.45) is 5.92 Å². The van der Waals surface area contributed by atoms with Crippen LogP contribution in [0.2, 0.25) is 0 Å². The highest BCUT2D eigenvalue weighted by Gasteiger charge is 2.15. The summed E-state index contributed by atoms with van der Waals surface area (Å²) < 4.78 is 0. The highest BCUT2D eigenvalue weighted by Crippen LogP contribution is 2.15. The fourth-order valence-electron chi connectivity index (χ4n) is 2.25. The van der Waals surface area contributed by atoms with Gasteiger partial charge in [-0.25, -0.2) is 4.79 Å². The Bertz CT molecular complexity index is 383. The van der Waals surface area contributed by atoms with E-state index < -0.39 is 5.97 Å². The summed E-state index contributed by atoms with van der Waals surface area (Å²) in [6.45, 7) is 9.16. The summed E-state index contributed by atoms with van der Waals surface area (Å²) in [6.07, 6.45) is 3.41. The van der Waals surface area contributed by atoms with Gasteiger partial charge in [-0.15, -0.1) is 0 Å². The number of aliphatic carboxylic acids is 1. The Morgan fingerprint density at radius 3 is 2.35 bits per heavy atom. The number of carbonyl (C=O) groups excluding carboxylic acids is 1. The predicted molar refractivity (Wildman–Crippen MR) is 78.5 cm³/mol. The molecule has 1 heterocycles. The van der Waals surface area contributed by atoms with E-state index in [1.54, 1.807) is 6.92 Å². The van der Waals surface area contributed by atoms with Crippen LogP contribution in [0.4, 0.5) is 0 Å². The second kappa shape index (κ2) is 8.04. The maximum atomic E-state index is 11.7. The minimum Gasteiger partial charge on any atom is -0.478 e. The molecule has 0 unspecified atom stereocenters. The van der Waals surface area contributed by atoms with E-state index in [2.05, 4.69) is 17.1 Å². The first-order valence-corrected chi connectivity index (χ1v) is 7.33. The van der Waals surface area contributed by atoms with Crippen molar-refractivity contribution in [3.63, 3.8) is 0 Å². The lowest BCUT2D eigenvalue weighted by atomic mass is 9.99. The summed E-state index contributed by atoms with van der Waals surface area (Å²) in [5.41, 5.74) is 0.386. The molecule has 5 nitrogen and oxygen atoms in total. The van der Waals surface area contributed by atoms with E-state index >= 15 is 0 Å². The number of hydrogen-bond acceptors (Lipinski definition) is 3. The van der Waals surface area contributed by atoms with Crippen molar-refractivity contribution < 1.29 is 14.7 Å². The van der Waals surface area contributed by atoms with Gasteiger partial charge in [0.25, 0.3) is 0 Å². The van der Waals surface area contributed by atoms with Crippen molar-refractivity contribution >= 4 is 11.9 Å². The Kier molecular flexibility index (Phi) is 6.71. The lowest BCUT2D eigenvalue weighted by Gasteiger charge is -2.30. The molecular weight excluding hydrogens is 256 g/mol. The zero-order chi connectivity index (χ0) is 15.1. The van der Waals surface area contributed by atoms with E-state index in [9.17, 15) is 9.59 Å². The van der Waals surface area contributed by atoms with Crippen LogP contribution in [0.5, 0.6) is 0 Å². The molecule has 0 aliphatic carbocycles. The topological polar surface area (TPSA) is 69.6 Å². The van der Waals surface area contributed by atoms with Crippen LogP contribution >= 0.6 is 0 Å². The molecule has 20 heavy (non-hydrogen) atoms. The van der Waals surface area contributed by atoms with E-state index in [4.69, 9.17) is 5.11 Å². The first kappa shape index (κ1) is 16.7. The second-order valence-electron chi connectivity index (χ2n) is 5.69. The van der Waals surface area contributed by atoms with Gasteiger partial charge in [0.05, 0.1) is 0 Å². The molecule has 0 radical (unpaired) electrons. The predicted octanol–water partition coefficient (Wildman–Crippen LogP) is 1.65. The quantitative estimate of drug-likeness (QED) is 0.574. The average Bonchev–Trinajstić information content (AvgIpc) is 2.43. The van der Waals surface area contributed by atoms with E-state index in [-0.39, 0.29) is 17.1 Å². The third-order valence-electron chi connectivity index (χ3n) is 4.04. The third kappa shape index (κ3) is 5.33. The van der Waals surface area contributed by atoms with Crippen LogP contribution in [0, 0.1) is 5.92 Å². The molecule has 0 bridgehead atoms. The van der Waals surface area contributed by atoms with Gasteiger partial charge in [-0.2, -0.15) is 0 Å². The summed E-state index contributed by atoms with van der Waals surface area (Å²) in [7, 11) is 0. The Morgan fingerprint density at radius 1 is 1.20 bits per heavy atom. The molecular formula is C15H26N2O3. The first-order valence-electron chi connectivity index (χ1n) is 7.33. The summed E-state index contributed by atoms with van der Waals surface area (Å²) >= 11 is 0. The zero-order valence-electron chi connectivity index (χ0n) is 12.7. The van der Waals surface area contributed by atoms with Crippen LogP contribution in [0.3, 0.4) is 0 Å². The fraction of sp³-hybridized carbons (Fsp3) is 0.733. The average molecular weight is 282 g/mol. The van der Waals surface area contributed by atoms with Crippen LogP contribution in [-0.2, 0) is 9.59 Å². The highest BCUT2D eigenvalue weighted by molar-refractivity contribution is 6.01. The normalized spacial score (nSPS) is 18.6. The molecule has 0 aromatic heterocycles. The maximum Gasteiger partial charge on any atom is 0.331 e. The van der Waals surface area contributed by atoms with Gasteiger partial charge in [-0.3, -0.25) is 4.79 Å². The number of nitrogens with zero attached hydrogens (tertiary/aromatic N) is 1. The molecule has 0 atom stereocenters. The summed E-state index contributed by atoms with van der Waals surface area (Å²) in [6, 6.07) is 0. The molecule has 0 saturated carbocycles. The molecule has 2 N–H and O–H groups in total. The van der Waals surface area contributed by atoms with E-state index in [1.807, 2.05) is 0 Å². The highest BCUT2D eigenvalue weighted by atomic mass is 16.4. The fourth-order valence-corrected chi connectivity index (χ4v) is 2.25. The van der Waals surface area contributed by atoms with Gasteiger partial charge in [0, 0.05) is 17.7 Å². The van der Waals surface area contributed by atoms with Crippen LogP contribution in [0.25, 0.3) is 0 Å². The SMILES string of the molecule is CC(C(=O)O)=C(C)C(=O)NCCCN1CCC(C)CC1. The summed E-state index contributed by atoms with van der Waals surface area (Å²) in [5, 5.41) is 11.6. The van der Waals surface area contributed by atoms with Gasteiger partial charge in [0.2, 0.25) is 5.91 Å². The maximum absolute atomic E-state index is 11.7. The van der Waals surface area contributed by atoms with Crippen LogP contribution in [0.15, 0.2) is 11.1 Å². The number of amides is 1. The van der Waals surface area contributed by atoms with Crippen molar-refractivity contribution in [3.8, 4) is 0 Å². The number of carboxylic acid groups (broad SMARTS) is 1. The number of rotatable bonds is 6. The Hall–Kier alpha value is -1.36. The standard InChI is InChI=1S/C15H26N2O3/c1-11-5-9-17(10-6-11)8-4-7-16-14(18)12(2)13(3)15(19)20/h11H,4-10H2,1-3H3,(H,16,18)(H,19,20). The van der Waals surface area contributed by atoms with Gasteiger partial charge >= 0.3 is 5.97 Å². The van der Waals surface area contributed by atoms with E-state index in [0.29, 0.717) is 6.54 Å². The van der Waals surface area contributed by atoms with E-state index in [0.717, 1.165) is 32.0 Å². The third-order valence-corrected chi connectivity index (χ3v) is 4.04. The monoisotopic (exact) mass is 282 g/mol. The summed E-state index contributed by atoms with van der Waals surface area (Å²) in [4.78, 5) is 24.9. The minimum atomic E-state index is -1.04. The van der Waals surface area contributed by atoms with Crippen molar-refractivity contribution in [2.75, 3.05) is 26.2 Å². The molecule has 1 fully saturated rings. The van der Waals surface area contributed by atoms with E-state index in [1.165, 1.54) is 19.8 Å². The van der Waals surface area contributed by atoms with Crippen molar-refractivity contribution in [1.82, 2.24) is 10.2 Å². The molecule has 114 valence electrons. The molecule has 1 aliphatic heterocycles. The number of hydrogen-bond donors (Lipinski definition) is 2. The zero-order valence-corrected chi connectivity index (χ0v) is 12.7. The van der Waals surface area contributed by atoms with Crippen molar-refractivity contribution in [2.45, 2.75) is 40.0 Å². The molecule has 5 heteroatoms. The van der Waals surface area contributed by atoms with Gasteiger partial charge in [-0.05, 0) is 58.7 Å². The largest absolute Gasteiger partial charge is 0.478 e. The molecule has 1 amide bonds.